The fraction of sp³-hybridized carbons (Fsp3) is 0.158. The average molecular weight is 863 g/mol. The summed E-state index contributed by atoms with van der Waals surface area (Å²) in [6.45, 7) is 0.721. The number of nitrogens with two attached hydrogens (primary N) is 1. The van der Waals surface area contributed by atoms with Crippen LogP contribution in [0.5, 0.6) is 11.5 Å². The van der Waals surface area contributed by atoms with Crippen LogP contribution in [0.2, 0.25) is 20.1 Å². The summed E-state index contributed by atoms with van der Waals surface area (Å²) in [5, 5.41) is 25.2. The Balaban J connectivity index is 0.000000202. The van der Waals surface area contributed by atoms with Gasteiger partial charge in [0.25, 0.3) is 0 Å². The number of carbonyl (C=O) groups excluding carboxylic acids is 1. The van der Waals surface area contributed by atoms with E-state index in [4.69, 9.17) is 66.7 Å². The quantitative estimate of drug-likeness (QED) is 0.0496. The van der Waals surface area contributed by atoms with E-state index in [2.05, 4.69) is 25.9 Å². The van der Waals surface area contributed by atoms with Crippen molar-refractivity contribution < 1.29 is 24.2 Å². The van der Waals surface area contributed by atoms with Crippen molar-refractivity contribution in [2.45, 2.75) is 25.7 Å². The molecule has 0 unspecified atom stereocenters. The molecule has 0 atom stereocenters. The van der Waals surface area contributed by atoms with E-state index in [1.165, 1.54) is 11.3 Å². The largest absolute Gasteiger partial charge is 0.492 e. The molecule has 0 aliphatic heterocycles. The molecule has 1 amide bonds. The first kappa shape index (κ1) is 43.0. The minimum atomic E-state index is -0.833. The van der Waals surface area contributed by atoms with Gasteiger partial charge in [-0.05, 0) is 97.8 Å². The first-order valence-corrected chi connectivity index (χ1v) is 19.8. The molecular weight excluding hydrogens is 826 g/mol. The summed E-state index contributed by atoms with van der Waals surface area (Å²) >= 11 is 26.5. The molecule has 288 valence electrons. The molecule has 0 saturated carbocycles. The Morgan fingerprint density at radius 1 is 0.655 bits per heavy atom. The summed E-state index contributed by atoms with van der Waals surface area (Å²) in [6, 6.07) is 25.0. The number of aromatic nitrogens is 2. The van der Waals surface area contributed by atoms with Gasteiger partial charge >= 0.3 is 5.97 Å². The highest BCUT2D eigenvalue weighted by Crippen LogP contribution is 2.29. The minimum absolute atomic E-state index is 0.0681. The Morgan fingerprint density at radius 3 is 1.55 bits per heavy atom. The lowest BCUT2D eigenvalue weighted by atomic mass is 10.2. The monoisotopic (exact) mass is 860 g/mol. The lowest BCUT2D eigenvalue weighted by Crippen LogP contribution is -2.12. The second-order valence-corrected chi connectivity index (χ2v) is 14.6. The van der Waals surface area contributed by atoms with Crippen molar-refractivity contribution in [3.05, 3.63) is 128 Å². The van der Waals surface area contributed by atoms with Crippen molar-refractivity contribution in [1.29, 1.82) is 0 Å². The normalized spacial score (nSPS) is 10.2. The molecule has 55 heavy (non-hydrogen) atoms. The molecule has 0 fully saturated rings. The number of benzene rings is 4. The SMILES string of the molecule is Nc1ccc(Nc2nccs2)cc1.O=C(CCCOc1ccc(Cl)cc1Cl)Nc1ccc(Nc2nccs2)cc1.O=C(O)CCCOc1ccc(Cl)cc1Cl. The zero-order valence-corrected chi connectivity index (χ0v) is 33.7. The lowest BCUT2D eigenvalue weighted by molar-refractivity contribution is -0.137. The van der Waals surface area contributed by atoms with Crippen LogP contribution in [0.25, 0.3) is 0 Å². The summed E-state index contributed by atoms with van der Waals surface area (Å²) in [6.07, 6.45) is 4.98. The molecule has 6 aromatic rings. The van der Waals surface area contributed by atoms with Gasteiger partial charge in [0.1, 0.15) is 11.5 Å². The van der Waals surface area contributed by atoms with Gasteiger partial charge in [0.2, 0.25) is 5.91 Å². The zero-order valence-electron chi connectivity index (χ0n) is 29.0. The van der Waals surface area contributed by atoms with Gasteiger partial charge in [-0.1, -0.05) is 46.4 Å². The van der Waals surface area contributed by atoms with Gasteiger partial charge in [-0.3, -0.25) is 9.59 Å². The molecule has 0 radical (unpaired) electrons. The molecule has 2 heterocycles. The van der Waals surface area contributed by atoms with Gasteiger partial charge < -0.3 is 36.3 Å². The Bertz CT molecular complexity index is 2060. The van der Waals surface area contributed by atoms with Crippen LogP contribution in [0.3, 0.4) is 0 Å². The highest BCUT2D eigenvalue weighted by atomic mass is 35.5. The molecule has 0 aliphatic carbocycles. The highest BCUT2D eigenvalue weighted by molar-refractivity contribution is 7.14. The van der Waals surface area contributed by atoms with Gasteiger partial charge in [0.05, 0.1) is 23.3 Å². The van der Waals surface area contributed by atoms with Crippen LogP contribution in [-0.2, 0) is 9.59 Å². The first-order chi connectivity index (χ1) is 26.5. The van der Waals surface area contributed by atoms with E-state index in [0.717, 1.165) is 33.0 Å². The third-order valence-electron chi connectivity index (χ3n) is 6.83. The van der Waals surface area contributed by atoms with Gasteiger partial charge in [0, 0.05) is 68.8 Å². The number of halogens is 4. The summed E-state index contributed by atoms with van der Waals surface area (Å²) in [5.41, 5.74) is 8.99. The number of anilines is 6. The molecule has 0 aliphatic rings. The van der Waals surface area contributed by atoms with Crippen molar-refractivity contribution >= 4 is 114 Å². The maximum Gasteiger partial charge on any atom is 0.303 e. The number of hydrogen-bond acceptors (Lipinski definition) is 11. The van der Waals surface area contributed by atoms with Crippen molar-refractivity contribution in [2.75, 3.05) is 34.9 Å². The van der Waals surface area contributed by atoms with Crippen molar-refractivity contribution in [3.8, 4) is 11.5 Å². The molecule has 17 heteroatoms. The number of carboxylic acid groups (broad SMARTS) is 1. The number of rotatable bonds is 15. The van der Waals surface area contributed by atoms with Crippen LogP contribution < -0.4 is 31.2 Å². The topological polar surface area (TPSA) is 161 Å². The van der Waals surface area contributed by atoms with Crippen molar-refractivity contribution in [2.24, 2.45) is 0 Å². The van der Waals surface area contributed by atoms with Gasteiger partial charge in [-0.15, -0.1) is 22.7 Å². The number of aliphatic carboxylic acids is 1. The van der Waals surface area contributed by atoms with E-state index in [9.17, 15) is 9.59 Å². The number of thiazole rings is 2. The maximum absolute atomic E-state index is 12.0. The van der Waals surface area contributed by atoms with Crippen LogP contribution in [-0.4, -0.2) is 40.2 Å². The number of nitrogens with zero attached hydrogens (tertiary/aromatic N) is 2. The van der Waals surface area contributed by atoms with Crippen LogP contribution in [0.1, 0.15) is 25.7 Å². The van der Waals surface area contributed by atoms with Crippen LogP contribution in [0, 0.1) is 0 Å². The Morgan fingerprint density at radius 2 is 1.11 bits per heavy atom. The predicted molar refractivity (Wildman–Crippen MR) is 227 cm³/mol. The lowest BCUT2D eigenvalue weighted by Gasteiger charge is -2.09. The van der Waals surface area contributed by atoms with E-state index in [1.807, 2.05) is 59.3 Å². The molecule has 4 aromatic carbocycles. The number of ether oxygens (including phenoxy) is 2. The number of nitrogens with one attached hydrogen (secondary N) is 3. The molecule has 6 N–H and O–H groups in total. The van der Waals surface area contributed by atoms with E-state index in [1.54, 1.807) is 60.1 Å². The summed E-state index contributed by atoms with van der Waals surface area (Å²) in [4.78, 5) is 30.5. The van der Waals surface area contributed by atoms with Gasteiger partial charge in [-0.25, -0.2) is 9.97 Å². The second-order valence-electron chi connectivity index (χ2n) is 11.1. The van der Waals surface area contributed by atoms with E-state index in [0.29, 0.717) is 64.1 Å². The molecule has 0 bridgehead atoms. The van der Waals surface area contributed by atoms with E-state index >= 15 is 0 Å². The maximum atomic E-state index is 12.0. The van der Waals surface area contributed by atoms with Crippen molar-refractivity contribution in [3.63, 3.8) is 0 Å². The summed E-state index contributed by atoms with van der Waals surface area (Å²) in [5.74, 6) is 0.179. The predicted octanol–water partition coefficient (Wildman–Crippen LogP) is 11.7. The molecular formula is C38H36Cl4N6O5S2. The van der Waals surface area contributed by atoms with Gasteiger partial charge in [0.15, 0.2) is 10.3 Å². The number of amides is 1. The second kappa shape index (κ2) is 23.2. The van der Waals surface area contributed by atoms with Crippen LogP contribution in [0.15, 0.2) is 108 Å². The number of carbonyl (C=O) groups is 2. The van der Waals surface area contributed by atoms with E-state index in [-0.39, 0.29) is 12.3 Å². The number of nitrogen functional groups attached to an aromatic ring is 1. The number of hydrogen-bond donors (Lipinski definition) is 5. The average Bonchev–Trinajstić information content (AvgIpc) is 3.87. The smallest absolute Gasteiger partial charge is 0.303 e. The van der Waals surface area contributed by atoms with Gasteiger partial charge in [-0.2, -0.15) is 0 Å². The molecule has 2 aromatic heterocycles. The Kier molecular flexibility index (Phi) is 18.1. The fourth-order valence-electron chi connectivity index (χ4n) is 4.25. The minimum Gasteiger partial charge on any atom is -0.492 e. The first-order valence-electron chi connectivity index (χ1n) is 16.5. The van der Waals surface area contributed by atoms with Crippen LogP contribution in [0.4, 0.5) is 33.0 Å². The molecule has 0 saturated heterocycles. The number of carboxylic acids is 1. The fourth-order valence-corrected chi connectivity index (χ4v) is 6.27. The van der Waals surface area contributed by atoms with E-state index < -0.39 is 5.97 Å². The third-order valence-corrected chi connectivity index (χ3v) is 9.27. The molecule has 0 spiro atoms. The third kappa shape index (κ3) is 16.6. The molecule has 11 nitrogen and oxygen atoms in total. The van der Waals surface area contributed by atoms with Crippen molar-refractivity contribution in [1.82, 2.24) is 9.97 Å². The zero-order chi connectivity index (χ0) is 39.4. The highest BCUT2D eigenvalue weighted by Gasteiger charge is 2.06. The Labute approximate surface area is 346 Å². The molecule has 6 rings (SSSR count). The standard InChI is InChI=1S/C19H17Cl2N3O2S.C10H10Cl2O3.C9H9N3S/c20-13-3-8-17(16(21)12-13)26-10-1-2-18(25)23-14-4-6-15(7-5-14)24-19-22-9-11-27-19;11-7-3-4-9(8(12)6-7)15-5-1-2-10(13)14;10-7-1-3-8(4-2-7)12-9-11-5-6-13-9/h3-9,11-12H,1-2,10H2,(H,22,24)(H,23,25);3-4,6H,1-2,5H2,(H,13,14);1-6H,10H2,(H,11,12). The summed E-state index contributed by atoms with van der Waals surface area (Å²) in [7, 11) is 0. The Hall–Kier alpha value is -4.76. The summed E-state index contributed by atoms with van der Waals surface area (Å²) < 4.78 is 10.9. The van der Waals surface area contributed by atoms with Crippen LogP contribution >= 0.6 is 69.1 Å².